The summed E-state index contributed by atoms with van der Waals surface area (Å²) in [6.45, 7) is 5.03. The molecule has 7 heteroatoms. The van der Waals surface area contributed by atoms with Crippen molar-refractivity contribution in [2.75, 3.05) is 13.6 Å². The molecule has 5 heterocycles. The van der Waals surface area contributed by atoms with Crippen LogP contribution in [0.4, 0.5) is 4.39 Å². The van der Waals surface area contributed by atoms with E-state index in [0.29, 0.717) is 17.1 Å². The fraction of sp³-hybridized carbons (Fsp3) is 0.435. The summed E-state index contributed by atoms with van der Waals surface area (Å²) < 4.78 is 18.6. The molecular formula is C23H25FN6. The van der Waals surface area contributed by atoms with E-state index in [9.17, 15) is 0 Å². The van der Waals surface area contributed by atoms with Crippen molar-refractivity contribution < 1.29 is 4.39 Å². The van der Waals surface area contributed by atoms with Gasteiger partial charge in [-0.05, 0) is 70.8 Å². The van der Waals surface area contributed by atoms with Gasteiger partial charge in [-0.25, -0.2) is 18.9 Å². The molecule has 1 saturated heterocycles. The van der Waals surface area contributed by atoms with Crippen LogP contribution < -0.4 is 0 Å². The van der Waals surface area contributed by atoms with Crippen LogP contribution in [-0.2, 0) is 0 Å². The minimum Gasteiger partial charge on any atom is -0.304 e. The predicted octanol–water partition coefficient (Wildman–Crippen LogP) is 4.14. The highest BCUT2D eigenvalue weighted by atomic mass is 19.1. The summed E-state index contributed by atoms with van der Waals surface area (Å²) in [5.41, 5.74) is 5.99. The van der Waals surface area contributed by atoms with E-state index in [1.165, 1.54) is 12.8 Å². The monoisotopic (exact) mass is 404 g/mol. The Morgan fingerprint density at radius 2 is 1.90 bits per heavy atom. The molecule has 30 heavy (non-hydrogen) atoms. The van der Waals surface area contributed by atoms with Crippen molar-refractivity contribution in [3.8, 4) is 11.3 Å². The molecule has 0 N–H and O–H groups in total. The van der Waals surface area contributed by atoms with Gasteiger partial charge >= 0.3 is 0 Å². The lowest BCUT2D eigenvalue weighted by Crippen LogP contribution is -2.41. The van der Waals surface area contributed by atoms with E-state index in [2.05, 4.69) is 22.0 Å². The molecular weight excluding hydrogens is 379 g/mol. The molecule has 1 spiro atoms. The summed E-state index contributed by atoms with van der Waals surface area (Å²) in [6, 6.07) is 3.51. The minimum atomic E-state index is -0.311. The predicted molar refractivity (Wildman–Crippen MR) is 113 cm³/mol. The number of aromatic nitrogens is 5. The first-order chi connectivity index (χ1) is 14.4. The number of nitrogens with zero attached hydrogens (tertiary/aromatic N) is 6. The van der Waals surface area contributed by atoms with Crippen molar-refractivity contribution in [3.05, 3.63) is 53.5 Å². The first kappa shape index (κ1) is 18.0. The number of hydrogen-bond acceptors (Lipinski definition) is 4. The number of imidazole rings is 2. The van der Waals surface area contributed by atoms with Gasteiger partial charge < -0.3 is 9.30 Å². The molecule has 0 bridgehead atoms. The van der Waals surface area contributed by atoms with Gasteiger partial charge in [-0.3, -0.25) is 0 Å². The van der Waals surface area contributed by atoms with Crippen molar-refractivity contribution in [1.29, 1.82) is 0 Å². The summed E-state index contributed by atoms with van der Waals surface area (Å²) in [5, 5.41) is 4.66. The second-order valence-electron chi connectivity index (χ2n) is 9.17. The maximum Gasteiger partial charge on any atom is 0.173 e. The van der Waals surface area contributed by atoms with E-state index in [1.54, 1.807) is 10.6 Å². The van der Waals surface area contributed by atoms with E-state index >= 15 is 4.39 Å². The summed E-state index contributed by atoms with van der Waals surface area (Å²) >= 11 is 0. The Bertz CT molecular complexity index is 1300. The quantitative estimate of drug-likeness (QED) is 0.504. The number of rotatable bonds is 2. The lowest BCUT2D eigenvalue weighted by Gasteiger charge is -2.37. The normalized spacial score (nSPS) is 21.1. The third-order valence-electron chi connectivity index (χ3n) is 7.05. The fourth-order valence-electron chi connectivity index (χ4n) is 5.08. The second-order valence-corrected chi connectivity index (χ2v) is 9.17. The molecule has 1 saturated carbocycles. The molecule has 1 aliphatic carbocycles. The zero-order valence-corrected chi connectivity index (χ0v) is 17.6. The Balaban J connectivity index is 1.41. The lowest BCUT2D eigenvalue weighted by molar-refractivity contribution is 0.148. The van der Waals surface area contributed by atoms with Gasteiger partial charge in [0.1, 0.15) is 0 Å². The number of fused-ring (bicyclic) bond motifs is 2. The molecule has 2 fully saturated rings. The average Bonchev–Trinajstić information content (AvgIpc) is 3.16. The number of halogens is 1. The summed E-state index contributed by atoms with van der Waals surface area (Å²) in [5.74, 6) is 0.0891. The minimum absolute atomic E-state index is 0.311. The van der Waals surface area contributed by atoms with Gasteiger partial charge in [-0.1, -0.05) is 0 Å². The molecule has 1 atom stereocenters. The molecule has 154 valence electrons. The Morgan fingerprint density at radius 1 is 1.07 bits per heavy atom. The van der Waals surface area contributed by atoms with Crippen molar-refractivity contribution in [3.63, 3.8) is 0 Å². The zero-order valence-electron chi connectivity index (χ0n) is 17.6. The first-order valence-corrected chi connectivity index (χ1v) is 10.7. The van der Waals surface area contributed by atoms with Crippen LogP contribution in [0, 0.1) is 19.7 Å². The third kappa shape index (κ3) is 2.68. The van der Waals surface area contributed by atoms with Crippen LogP contribution in [0.2, 0.25) is 0 Å². The molecule has 0 unspecified atom stereocenters. The van der Waals surface area contributed by atoms with Gasteiger partial charge in [0.05, 0.1) is 23.3 Å². The maximum absolute atomic E-state index is 15.0. The highest BCUT2D eigenvalue weighted by Gasteiger charge is 2.50. The topological polar surface area (TPSA) is 50.7 Å². The molecule has 6 rings (SSSR count). The van der Waals surface area contributed by atoms with Crippen LogP contribution in [0.1, 0.15) is 48.6 Å². The summed E-state index contributed by atoms with van der Waals surface area (Å²) in [7, 11) is 2.23. The lowest BCUT2D eigenvalue weighted by atomic mass is 9.87. The Hall–Kier alpha value is -2.80. The molecule has 0 amide bonds. The highest BCUT2D eigenvalue weighted by molar-refractivity contribution is 5.64. The maximum atomic E-state index is 15.0. The number of likely N-dealkylation sites (tertiary alicyclic amines) is 1. The third-order valence-corrected chi connectivity index (χ3v) is 7.05. The zero-order chi connectivity index (χ0) is 20.6. The molecule has 4 aromatic heterocycles. The number of pyridine rings is 1. The largest absolute Gasteiger partial charge is 0.304 e. The van der Waals surface area contributed by atoms with Crippen molar-refractivity contribution >= 4 is 11.3 Å². The van der Waals surface area contributed by atoms with E-state index < -0.39 is 0 Å². The molecule has 0 radical (unpaired) electrons. The van der Waals surface area contributed by atoms with Gasteiger partial charge in [-0.15, -0.1) is 0 Å². The number of piperidine rings is 1. The number of aryl methyl sites for hydroxylation is 2. The van der Waals surface area contributed by atoms with Crippen LogP contribution in [0.5, 0.6) is 0 Å². The van der Waals surface area contributed by atoms with Gasteiger partial charge in [0, 0.05) is 29.4 Å². The number of hydrogen-bond donors (Lipinski definition) is 0. The van der Waals surface area contributed by atoms with Gasteiger partial charge in [-0.2, -0.15) is 5.10 Å². The fourth-order valence-corrected chi connectivity index (χ4v) is 5.08. The summed E-state index contributed by atoms with van der Waals surface area (Å²) in [4.78, 5) is 11.7. The van der Waals surface area contributed by atoms with Crippen molar-refractivity contribution in [2.45, 2.75) is 51.0 Å². The van der Waals surface area contributed by atoms with Crippen molar-refractivity contribution in [1.82, 2.24) is 28.9 Å². The van der Waals surface area contributed by atoms with E-state index in [-0.39, 0.29) is 5.82 Å². The van der Waals surface area contributed by atoms with E-state index in [0.717, 1.165) is 53.2 Å². The molecule has 0 aromatic carbocycles. The SMILES string of the molecule is Cc1cn2nc(-c3cc(F)c4nc([C@@H]5CCN(C)C6(CC6)C5)cn4c3)cc(C)c2n1. The van der Waals surface area contributed by atoms with Gasteiger partial charge in [0.15, 0.2) is 17.1 Å². The Kier molecular flexibility index (Phi) is 3.67. The first-order valence-electron chi connectivity index (χ1n) is 10.7. The van der Waals surface area contributed by atoms with Crippen LogP contribution in [-0.4, -0.2) is 48.0 Å². The van der Waals surface area contributed by atoms with Gasteiger partial charge in [0.25, 0.3) is 0 Å². The molecule has 2 aliphatic rings. The van der Waals surface area contributed by atoms with Crippen molar-refractivity contribution in [2.24, 2.45) is 0 Å². The average molecular weight is 404 g/mol. The van der Waals surface area contributed by atoms with Crippen LogP contribution >= 0.6 is 0 Å². The summed E-state index contributed by atoms with van der Waals surface area (Å²) in [6.07, 6.45) is 10.6. The van der Waals surface area contributed by atoms with E-state index in [1.807, 2.05) is 42.9 Å². The van der Waals surface area contributed by atoms with Gasteiger partial charge in [0.2, 0.25) is 0 Å². The smallest absolute Gasteiger partial charge is 0.173 e. The Morgan fingerprint density at radius 3 is 2.70 bits per heavy atom. The molecule has 1 aliphatic heterocycles. The standard InChI is InChI=1S/C23H25FN6/c1-14-8-19(27-30-11-15(2)25-21(14)30)17-9-18(24)22-26-20(13-29(22)12-17)16-4-7-28(3)23(10-16)5-6-23/h8-9,11-13,16H,4-7,10H2,1-3H3/t16-/m1/s1. The van der Waals surface area contributed by atoms with Crippen LogP contribution in [0.3, 0.4) is 0 Å². The van der Waals surface area contributed by atoms with Crippen LogP contribution in [0.15, 0.2) is 30.7 Å². The van der Waals surface area contributed by atoms with E-state index in [4.69, 9.17) is 4.98 Å². The molecule has 4 aromatic rings. The van der Waals surface area contributed by atoms with Crippen LogP contribution in [0.25, 0.3) is 22.6 Å². The second kappa shape index (κ2) is 6.11. The molecule has 6 nitrogen and oxygen atoms in total. The Labute approximate surface area is 174 Å². The highest BCUT2D eigenvalue weighted by Crippen LogP contribution is 2.51.